The quantitative estimate of drug-likeness (QED) is 0.682. The first kappa shape index (κ1) is 12.9. The predicted molar refractivity (Wildman–Crippen MR) is 53.9 cm³/mol. The van der Waals surface area contributed by atoms with Gasteiger partial charge in [-0.25, -0.2) is 0 Å². The molecule has 0 aliphatic carbocycles. The van der Waals surface area contributed by atoms with Crippen molar-refractivity contribution in [2.45, 2.75) is 46.1 Å². The number of carbonyl (C=O) groups is 2. The van der Waals surface area contributed by atoms with E-state index in [9.17, 15) is 9.59 Å². The SMILES string of the molecule is CCC(C)NC(=O)CCC(C)C(=O)O. The molecule has 0 saturated heterocycles. The van der Waals surface area contributed by atoms with Crippen molar-refractivity contribution < 1.29 is 14.7 Å². The third-order valence-electron chi connectivity index (χ3n) is 2.25. The minimum Gasteiger partial charge on any atom is -0.481 e. The summed E-state index contributed by atoms with van der Waals surface area (Å²) >= 11 is 0. The van der Waals surface area contributed by atoms with E-state index in [2.05, 4.69) is 5.32 Å². The zero-order valence-electron chi connectivity index (χ0n) is 9.04. The van der Waals surface area contributed by atoms with Crippen LogP contribution in [-0.4, -0.2) is 23.0 Å². The zero-order valence-corrected chi connectivity index (χ0v) is 9.04. The van der Waals surface area contributed by atoms with Crippen molar-refractivity contribution in [1.29, 1.82) is 0 Å². The molecule has 0 aromatic carbocycles. The Balaban J connectivity index is 3.69. The molecule has 4 nitrogen and oxygen atoms in total. The van der Waals surface area contributed by atoms with Crippen molar-refractivity contribution >= 4 is 11.9 Å². The summed E-state index contributed by atoms with van der Waals surface area (Å²) in [6.07, 6.45) is 1.58. The molecule has 82 valence electrons. The largest absolute Gasteiger partial charge is 0.481 e. The monoisotopic (exact) mass is 201 g/mol. The fraction of sp³-hybridized carbons (Fsp3) is 0.800. The van der Waals surface area contributed by atoms with Gasteiger partial charge in [-0.2, -0.15) is 0 Å². The minimum absolute atomic E-state index is 0.0625. The lowest BCUT2D eigenvalue weighted by Crippen LogP contribution is -2.32. The van der Waals surface area contributed by atoms with E-state index in [0.29, 0.717) is 6.42 Å². The van der Waals surface area contributed by atoms with E-state index in [1.807, 2.05) is 13.8 Å². The van der Waals surface area contributed by atoms with Gasteiger partial charge in [-0.15, -0.1) is 0 Å². The lowest BCUT2D eigenvalue weighted by molar-refractivity contribution is -0.141. The van der Waals surface area contributed by atoms with Gasteiger partial charge in [0.1, 0.15) is 0 Å². The van der Waals surface area contributed by atoms with Crippen molar-refractivity contribution in [2.24, 2.45) is 5.92 Å². The van der Waals surface area contributed by atoms with E-state index in [0.717, 1.165) is 6.42 Å². The molecule has 0 radical (unpaired) electrons. The average molecular weight is 201 g/mol. The topological polar surface area (TPSA) is 66.4 Å². The molecule has 0 aliphatic heterocycles. The van der Waals surface area contributed by atoms with Crippen LogP contribution in [0, 0.1) is 5.92 Å². The van der Waals surface area contributed by atoms with Crippen LogP contribution in [0.1, 0.15) is 40.0 Å². The van der Waals surface area contributed by atoms with Gasteiger partial charge in [0.05, 0.1) is 5.92 Å². The summed E-state index contributed by atoms with van der Waals surface area (Å²) in [4.78, 5) is 21.7. The number of carboxylic acids is 1. The summed E-state index contributed by atoms with van der Waals surface area (Å²) in [5, 5.41) is 11.4. The summed E-state index contributed by atoms with van der Waals surface area (Å²) in [6.45, 7) is 5.53. The Morgan fingerprint density at radius 2 is 1.93 bits per heavy atom. The van der Waals surface area contributed by atoms with Crippen molar-refractivity contribution in [1.82, 2.24) is 5.32 Å². The Bertz CT molecular complexity index is 204. The first-order valence-corrected chi connectivity index (χ1v) is 4.99. The number of hydrogen-bond donors (Lipinski definition) is 2. The lowest BCUT2D eigenvalue weighted by atomic mass is 10.1. The van der Waals surface area contributed by atoms with Crippen LogP contribution >= 0.6 is 0 Å². The Labute approximate surface area is 84.7 Å². The molecule has 14 heavy (non-hydrogen) atoms. The highest BCUT2D eigenvalue weighted by Crippen LogP contribution is 2.05. The molecule has 4 heteroatoms. The molecule has 0 heterocycles. The van der Waals surface area contributed by atoms with Crippen molar-refractivity contribution in [3.63, 3.8) is 0 Å². The van der Waals surface area contributed by atoms with Gasteiger partial charge in [-0.05, 0) is 19.8 Å². The first-order chi connectivity index (χ1) is 6.47. The highest BCUT2D eigenvalue weighted by molar-refractivity contribution is 5.77. The number of rotatable bonds is 6. The number of carbonyl (C=O) groups excluding carboxylic acids is 1. The second kappa shape index (κ2) is 6.40. The maximum Gasteiger partial charge on any atom is 0.306 e. The molecule has 0 rings (SSSR count). The van der Waals surface area contributed by atoms with E-state index in [4.69, 9.17) is 5.11 Å². The summed E-state index contributed by atoms with van der Waals surface area (Å²) in [6, 6.07) is 0.169. The molecule has 0 bridgehead atoms. The standard InChI is InChI=1S/C10H19NO3/c1-4-8(3)11-9(12)6-5-7(2)10(13)14/h7-8H,4-6H2,1-3H3,(H,11,12)(H,13,14). The Hall–Kier alpha value is -1.06. The zero-order chi connectivity index (χ0) is 11.1. The molecule has 2 atom stereocenters. The van der Waals surface area contributed by atoms with E-state index in [1.54, 1.807) is 6.92 Å². The van der Waals surface area contributed by atoms with Gasteiger partial charge in [0.25, 0.3) is 0 Å². The third kappa shape index (κ3) is 5.56. The van der Waals surface area contributed by atoms with Crippen LogP contribution in [0.25, 0.3) is 0 Å². The molecule has 0 saturated carbocycles. The van der Waals surface area contributed by atoms with E-state index in [-0.39, 0.29) is 18.4 Å². The van der Waals surface area contributed by atoms with Crippen LogP contribution in [0.2, 0.25) is 0 Å². The minimum atomic E-state index is -0.846. The molecule has 0 aromatic rings. The number of hydrogen-bond acceptors (Lipinski definition) is 2. The summed E-state index contributed by atoms with van der Waals surface area (Å²) < 4.78 is 0. The second-order valence-corrected chi connectivity index (χ2v) is 3.65. The normalized spacial score (nSPS) is 14.5. The summed E-state index contributed by atoms with van der Waals surface area (Å²) in [7, 11) is 0. The smallest absolute Gasteiger partial charge is 0.306 e. The molecule has 0 aromatic heterocycles. The Morgan fingerprint density at radius 1 is 1.36 bits per heavy atom. The van der Waals surface area contributed by atoms with Crippen LogP contribution in [0.5, 0.6) is 0 Å². The van der Waals surface area contributed by atoms with E-state index < -0.39 is 11.9 Å². The molecule has 0 fully saturated rings. The van der Waals surface area contributed by atoms with Gasteiger partial charge in [-0.3, -0.25) is 9.59 Å². The van der Waals surface area contributed by atoms with Crippen LogP contribution in [0.15, 0.2) is 0 Å². The molecular formula is C10H19NO3. The highest BCUT2D eigenvalue weighted by atomic mass is 16.4. The van der Waals surface area contributed by atoms with Crippen LogP contribution in [0.3, 0.4) is 0 Å². The van der Waals surface area contributed by atoms with Gasteiger partial charge in [0.2, 0.25) is 5.91 Å². The molecular weight excluding hydrogens is 182 g/mol. The first-order valence-electron chi connectivity index (χ1n) is 4.99. The molecule has 2 unspecified atom stereocenters. The Morgan fingerprint density at radius 3 is 2.36 bits per heavy atom. The fourth-order valence-electron chi connectivity index (χ4n) is 0.920. The number of aliphatic carboxylic acids is 1. The average Bonchev–Trinajstić information content (AvgIpc) is 2.13. The summed E-state index contributed by atoms with van der Waals surface area (Å²) in [5.74, 6) is -1.36. The van der Waals surface area contributed by atoms with Gasteiger partial charge in [-0.1, -0.05) is 13.8 Å². The maximum absolute atomic E-state index is 11.2. The van der Waals surface area contributed by atoms with E-state index >= 15 is 0 Å². The predicted octanol–water partition coefficient (Wildman–Crippen LogP) is 1.40. The molecule has 0 aliphatic rings. The van der Waals surface area contributed by atoms with Crippen LogP contribution < -0.4 is 5.32 Å². The molecule has 0 spiro atoms. The van der Waals surface area contributed by atoms with Gasteiger partial charge in [0.15, 0.2) is 0 Å². The molecule has 1 amide bonds. The van der Waals surface area contributed by atoms with Crippen molar-refractivity contribution in [2.75, 3.05) is 0 Å². The van der Waals surface area contributed by atoms with Gasteiger partial charge in [0, 0.05) is 12.5 Å². The Kier molecular flexibility index (Phi) is 5.92. The van der Waals surface area contributed by atoms with Crippen molar-refractivity contribution in [3.05, 3.63) is 0 Å². The van der Waals surface area contributed by atoms with Crippen LogP contribution in [-0.2, 0) is 9.59 Å². The number of nitrogens with one attached hydrogen (secondary N) is 1. The van der Waals surface area contributed by atoms with E-state index in [1.165, 1.54) is 0 Å². The van der Waals surface area contributed by atoms with Crippen LogP contribution in [0.4, 0.5) is 0 Å². The van der Waals surface area contributed by atoms with Crippen molar-refractivity contribution in [3.8, 4) is 0 Å². The van der Waals surface area contributed by atoms with Gasteiger partial charge >= 0.3 is 5.97 Å². The number of carboxylic acid groups (broad SMARTS) is 1. The van der Waals surface area contributed by atoms with Gasteiger partial charge < -0.3 is 10.4 Å². The number of amides is 1. The second-order valence-electron chi connectivity index (χ2n) is 3.65. The maximum atomic E-state index is 11.2. The fourth-order valence-corrected chi connectivity index (χ4v) is 0.920. The third-order valence-corrected chi connectivity index (χ3v) is 2.25. The molecule has 2 N–H and O–H groups in total. The highest BCUT2D eigenvalue weighted by Gasteiger charge is 2.13. The summed E-state index contributed by atoms with van der Waals surface area (Å²) in [5.41, 5.74) is 0. The lowest BCUT2D eigenvalue weighted by Gasteiger charge is -2.11.